The highest BCUT2D eigenvalue weighted by molar-refractivity contribution is 7.91. The number of nitrogens with zero attached hydrogens (tertiary/aromatic N) is 2. The first-order valence-corrected chi connectivity index (χ1v) is 18.0. The normalized spacial score (nSPS) is 31.0. The number of aromatic nitrogens is 1. The van der Waals surface area contributed by atoms with Crippen LogP contribution in [0, 0.1) is 5.92 Å². The van der Waals surface area contributed by atoms with E-state index in [2.05, 4.69) is 20.3 Å². The number of carboxylic acid groups (broad SMARTS) is 1. The number of hydrogen-bond acceptors (Lipinski definition) is 8. The number of sulfonamides is 1. The molecular formula is C33H39N5O8S. The van der Waals surface area contributed by atoms with Crippen LogP contribution in [0.3, 0.4) is 0 Å². The first-order chi connectivity index (χ1) is 22.5. The maximum atomic E-state index is 14.2. The van der Waals surface area contributed by atoms with E-state index in [0.717, 1.165) is 29.3 Å². The van der Waals surface area contributed by atoms with Crippen LogP contribution in [-0.2, 0) is 30.8 Å². The molecular weight excluding hydrogens is 626 g/mol. The number of para-hydroxylation sites is 1. The first-order valence-electron chi connectivity index (χ1n) is 16.4. The number of carbonyl (C=O) groups is 4. The molecule has 2 aromatic rings. The molecule has 0 radical (unpaired) electrons. The highest BCUT2D eigenvalue weighted by Crippen LogP contribution is 2.47. The van der Waals surface area contributed by atoms with Crippen molar-refractivity contribution in [3.8, 4) is 5.75 Å². The number of fused-ring (bicyclic) bond motifs is 5. The smallest absolute Gasteiger partial charge is 0.405 e. The van der Waals surface area contributed by atoms with E-state index in [0.29, 0.717) is 44.3 Å². The second kappa shape index (κ2) is 11.8. The number of allylic oxidation sites excluding steroid dienone is 1. The summed E-state index contributed by atoms with van der Waals surface area (Å²) in [5.74, 6) is -1.78. The molecule has 4 heterocycles. The molecule has 1 spiro atoms. The van der Waals surface area contributed by atoms with Gasteiger partial charge in [-0.3, -0.25) is 24.1 Å². The summed E-state index contributed by atoms with van der Waals surface area (Å²) in [6, 6.07) is 5.59. The molecule has 3 fully saturated rings. The summed E-state index contributed by atoms with van der Waals surface area (Å²) in [6.07, 6.45) is 9.58. The third-order valence-electron chi connectivity index (χ3n) is 10.3. The molecule has 14 heteroatoms. The minimum atomic E-state index is -3.87. The van der Waals surface area contributed by atoms with E-state index >= 15 is 0 Å². The van der Waals surface area contributed by atoms with Gasteiger partial charge in [0, 0.05) is 23.3 Å². The summed E-state index contributed by atoms with van der Waals surface area (Å²) in [6.45, 7) is 0.0343. The Morgan fingerprint density at radius 3 is 2.68 bits per heavy atom. The van der Waals surface area contributed by atoms with Gasteiger partial charge in [-0.15, -0.1) is 0 Å². The van der Waals surface area contributed by atoms with Gasteiger partial charge in [0.1, 0.15) is 29.0 Å². The molecule has 4 N–H and O–H groups in total. The molecule has 2 aliphatic carbocycles. The molecule has 13 nitrogen and oxygen atoms in total. The van der Waals surface area contributed by atoms with Gasteiger partial charge in [0.15, 0.2) is 0 Å². The Morgan fingerprint density at radius 1 is 1.09 bits per heavy atom. The predicted octanol–water partition coefficient (Wildman–Crippen LogP) is 2.54. The standard InChI is InChI=1S/C33H39N5O8S/c39-28-26-17-32(15-14-23-22-9-6-7-10-24(22)34-18-27(23)46-32)19-38(26)29(40)25(35-31(42)43)11-5-3-1-2-4-8-20-16-33(20,36-28)30(41)37-47(44,45)21-12-13-21/h4,6-10,18,20-21,25-26,35H,1-3,5,11-17,19H2,(H,36,39)(H,37,41)(H,42,43)/t20-,25+,26+,32-,33-/m1/s1. The molecule has 0 unspecified atom stereocenters. The first kappa shape index (κ1) is 31.4. The third-order valence-corrected chi connectivity index (χ3v) is 12.1. The predicted molar refractivity (Wildman–Crippen MR) is 170 cm³/mol. The number of benzene rings is 1. The number of aryl methyl sites for hydroxylation is 1. The summed E-state index contributed by atoms with van der Waals surface area (Å²) in [5, 5.41) is 15.2. The van der Waals surface area contributed by atoms with Gasteiger partial charge in [-0.2, -0.15) is 0 Å². The quantitative estimate of drug-likeness (QED) is 0.357. The lowest BCUT2D eigenvalue weighted by Crippen LogP contribution is -2.58. The van der Waals surface area contributed by atoms with E-state index < -0.39 is 68.2 Å². The van der Waals surface area contributed by atoms with E-state index in [1.165, 1.54) is 4.90 Å². The lowest BCUT2D eigenvalue weighted by atomic mass is 9.87. The number of amides is 4. The van der Waals surface area contributed by atoms with Crippen LogP contribution in [0.15, 0.2) is 42.6 Å². The Kier molecular flexibility index (Phi) is 7.88. The van der Waals surface area contributed by atoms with Crippen molar-refractivity contribution in [2.75, 3.05) is 6.54 Å². The maximum Gasteiger partial charge on any atom is 0.405 e. The van der Waals surface area contributed by atoms with Gasteiger partial charge in [0.05, 0.1) is 23.5 Å². The van der Waals surface area contributed by atoms with E-state index in [4.69, 9.17) is 4.74 Å². The largest absolute Gasteiger partial charge is 0.483 e. The van der Waals surface area contributed by atoms with E-state index in [9.17, 15) is 32.7 Å². The summed E-state index contributed by atoms with van der Waals surface area (Å²) < 4.78 is 34.3. The van der Waals surface area contributed by atoms with E-state index in [-0.39, 0.29) is 25.8 Å². The number of ether oxygens (including phenoxy) is 1. The Labute approximate surface area is 272 Å². The van der Waals surface area contributed by atoms with Gasteiger partial charge in [-0.1, -0.05) is 43.2 Å². The highest BCUT2D eigenvalue weighted by atomic mass is 32.2. The molecule has 250 valence electrons. The van der Waals surface area contributed by atoms with Gasteiger partial charge >= 0.3 is 6.09 Å². The van der Waals surface area contributed by atoms with Crippen molar-refractivity contribution in [2.45, 2.75) is 99.1 Å². The van der Waals surface area contributed by atoms with Crippen LogP contribution in [0.1, 0.15) is 69.8 Å². The zero-order chi connectivity index (χ0) is 33.0. The zero-order valence-corrected chi connectivity index (χ0v) is 26.8. The Bertz CT molecular complexity index is 1780. The van der Waals surface area contributed by atoms with Crippen molar-refractivity contribution in [3.63, 3.8) is 0 Å². The van der Waals surface area contributed by atoms with Crippen molar-refractivity contribution in [1.82, 2.24) is 25.2 Å². The second-order valence-corrected chi connectivity index (χ2v) is 15.6. The molecule has 1 aromatic carbocycles. The molecule has 47 heavy (non-hydrogen) atoms. The van der Waals surface area contributed by atoms with Crippen molar-refractivity contribution >= 4 is 44.7 Å². The van der Waals surface area contributed by atoms with Gasteiger partial charge in [-0.25, -0.2) is 13.2 Å². The molecule has 3 aliphatic heterocycles. The lowest BCUT2D eigenvalue weighted by Gasteiger charge is -2.36. The fourth-order valence-electron chi connectivity index (χ4n) is 7.45. The molecule has 7 rings (SSSR count). The van der Waals surface area contributed by atoms with Gasteiger partial charge in [0.2, 0.25) is 21.8 Å². The molecule has 5 aliphatic rings. The number of pyridine rings is 1. The van der Waals surface area contributed by atoms with Crippen LogP contribution in [0.2, 0.25) is 0 Å². The fourth-order valence-corrected chi connectivity index (χ4v) is 8.82. The topological polar surface area (TPSA) is 184 Å². The summed E-state index contributed by atoms with van der Waals surface area (Å²) in [4.78, 5) is 59.7. The zero-order valence-electron chi connectivity index (χ0n) is 25.9. The van der Waals surface area contributed by atoms with E-state index in [1.54, 1.807) is 6.20 Å². The minimum Gasteiger partial charge on any atom is -0.483 e. The third kappa shape index (κ3) is 6.03. The average molecular weight is 666 g/mol. The maximum absolute atomic E-state index is 14.2. The highest BCUT2D eigenvalue weighted by Gasteiger charge is 2.63. The summed E-state index contributed by atoms with van der Waals surface area (Å²) in [7, 11) is -3.87. The molecule has 4 amide bonds. The SMILES string of the molecule is O=C(O)N[C@H]1CCCCCC=C[C@@H]2C[C@@]2(C(=O)NS(=O)(=O)C2CC2)NC(=O)[C@@H]2C[C@]3(CCc4c(cnc5ccccc45)O3)CN2C1=O. The van der Waals surface area contributed by atoms with Gasteiger partial charge in [0.25, 0.3) is 5.91 Å². The summed E-state index contributed by atoms with van der Waals surface area (Å²) >= 11 is 0. The van der Waals surface area contributed by atoms with Crippen molar-refractivity contribution < 1.29 is 37.4 Å². The van der Waals surface area contributed by atoms with Crippen LogP contribution in [0.25, 0.3) is 10.9 Å². The molecule has 2 saturated carbocycles. The van der Waals surface area contributed by atoms with Crippen molar-refractivity contribution in [2.24, 2.45) is 5.92 Å². The number of hydrogen-bond donors (Lipinski definition) is 4. The Morgan fingerprint density at radius 2 is 1.89 bits per heavy atom. The fraction of sp³-hybridized carbons (Fsp3) is 0.545. The van der Waals surface area contributed by atoms with E-state index in [1.807, 2.05) is 36.4 Å². The molecule has 1 aromatic heterocycles. The number of carbonyl (C=O) groups excluding carboxylic acids is 3. The van der Waals surface area contributed by atoms with Crippen LogP contribution in [0.4, 0.5) is 4.79 Å². The Hall–Kier alpha value is -4.20. The lowest BCUT2D eigenvalue weighted by molar-refractivity contribution is -0.141. The monoisotopic (exact) mass is 665 g/mol. The average Bonchev–Trinajstić information content (AvgIpc) is 3.96. The number of rotatable bonds is 4. The van der Waals surface area contributed by atoms with Crippen LogP contribution >= 0.6 is 0 Å². The van der Waals surface area contributed by atoms with Gasteiger partial charge in [-0.05, 0) is 57.4 Å². The van der Waals surface area contributed by atoms with Crippen molar-refractivity contribution in [3.05, 3.63) is 48.2 Å². The summed E-state index contributed by atoms with van der Waals surface area (Å²) in [5.41, 5.74) is -0.613. The van der Waals surface area contributed by atoms with Crippen LogP contribution in [-0.4, -0.2) is 82.2 Å². The van der Waals surface area contributed by atoms with Crippen molar-refractivity contribution in [1.29, 1.82) is 0 Å². The minimum absolute atomic E-state index is 0.0343. The second-order valence-electron chi connectivity index (χ2n) is 13.6. The van der Waals surface area contributed by atoms with Crippen LogP contribution in [0.5, 0.6) is 5.75 Å². The Balaban J connectivity index is 1.22. The number of nitrogens with one attached hydrogen (secondary N) is 3. The molecule has 5 atom stereocenters. The molecule has 1 saturated heterocycles. The van der Waals surface area contributed by atoms with Gasteiger partial charge < -0.3 is 25.4 Å². The van der Waals surface area contributed by atoms with Crippen LogP contribution < -0.4 is 20.1 Å². The molecule has 0 bridgehead atoms.